The molecule has 4 nitrogen and oxygen atoms in total. The zero-order chi connectivity index (χ0) is 18.0. The van der Waals surface area contributed by atoms with E-state index in [1.807, 2.05) is 42.5 Å². The maximum atomic E-state index is 12.8. The molecule has 2 aromatic carbocycles. The minimum Gasteiger partial charge on any atom is -0.404 e. The molecule has 0 spiro atoms. The van der Waals surface area contributed by atoms with Crippen LogP contribution in [0.15, 0.2) is 54.6 Å². The van der Waals surface area contributed by atoms with Crippen molar-refractivity contribution in [3.63, 3.8) is 0 Å². The van der Waals surface area contributed by atoms with Crippen LogP contribution in [0, 0.1) is 0 Å². The molecule has 0 radical (unpaired) electrons. The van der Waals surface area contributed by atoms with E-state index in [0.717, 1.165) is 36.8 Å². The predicted octanol–water partition coefficient (Wildman–Crippen LogP) is 6.47. The Morgan fingerprint density at radius 1 is 0.760 bits per heavy atom. The van der Waals surface area contributed by atoms with Gasteiger partial charge in [0.15, 0.2) is 0 Å². The molecule has 0 aromatic heterocycles. The Balaban J connectivity index is 2.05. The van der Waals surface area contributed by atoms with Crippen molar-refractivity contribution in [2.45, 2.75) is 39.5 Å². The summed E-state index contributed by atoms with van der Waals surface area (Å²) in [5, 5.41) is 0. The van der Waals surface area contributed by atoms with Crippen molar-refractivity contribution in [1.29, 1.82) is 0 Å². The summed E-state index contributed by atoms with van der Waals surface area (Å²) in [6, 6.07) is 17.5. The van der Waals surface area contributed by atoms with Crippen LogP contribution < -0.4 is 4.52 Å². The van der Waals surface area contributed by atoms with Gasteiger partial charge < -0.3 is 4.52 Å². The van der Waals surface area contributed by atoms with Crippen molar-refractivity contribution >= 4 is 7.82 Å². The molecule has 0 heterocycles. The summed E-state index contributed by atoms with van der Waals surface area (Å²) >= 11 is 0. The van der Waals surface area contributed by atoms with Gasteiger partial charge in [0.25, 0.3) is 0 Å². The number of hydrogen-bond acceptors (Lipinski definition) is 4. The average molecular weight is 362 g/mol. The van der Waals surface area contributed by atoms with Crippen molar-refractivity contribution in [2.24, 2.45) is 0 Å². The molecule has 136 valence electrons. The number of phosphoric ester groups is 1. The van der Waals surface area contributed by atoms with Crippen molar-refractivity contribution in [3.8, 4) is 16.9 Å². The van der Waals surface area contributed by atoms with E-state index in [1.165, 1.54) is 0 Å². The summed E-state index contributed by atoms with van der Waals surface area (Å²) in [4.78, 5) is 0. The predicted molar refractivity (Wildman–Crippen MR) is 102 cm³/mol. The van der Waals surface area contributed by atoms with E-state index in [2.05, 4.69) is 13.8 Å². The quantitative estimate of drug-likeness (QED) is 0.339. The van der Waals surface area contributed by atoms with Crippen LogP contribution in [0.2, 0.25) is 0 Å². The minimum absolute atomic E-state index is 0.363. The van der Waals surface area contributed by atoms with Gasteiger partial charge in [-0.2, -0.15) is 0 Å². The fourth-order valence-corrected chi connectivity index (χ4v) is 3.46. The van der Waals surface area contributed by atoms with Crippen LogP contribution in [0.1, 0.15) is 39.5 Å². The normalized spacial score (nSPS) is 11.4. The highest BCUT2D eigenvalue weighted by molar-refractivity contribution is 7.48. The maximum Gasteiger partial charge on any atom is 0.530 e. The van der Waals surface area contributed by atoms with E-state index >= 15 is 0 Å². The highest BCUT2D eigenvalue weighted by atomic mass is 31.2. The van der Waals surface area contributed by atoms with Gasteiger partial charge in [-0.1, -0.05) is 69.2 Å². The molecule has 2 aromatic rings. The molecule has 0 aliphatic rings. The third-order valence-electron chi connectivity index (χ3n) is 3.67. The summed E-state index contributed by atoms with van der Waals surface area (Å²) < 4.78 is 29.3. The molecule has 0 unspecified atom stereocenters. The lowest BCUT2D eigenvalue weighted by atomic mass is 10.1. The van der Waals surface area contributed by atoms with Gasteiger partial charge in [0.2, 0.25) is 0 Å². The van der Waals surface area contributed by atoms with Crippen LogP contribution in [-0.2, 0) is 13.6 Å². The van der Waals surface area contributed by atoms with E-state index in [0.29, 0.717) is 19.0 Å². The van der Waals surface area contributed by atoms with Gasteiger partial charge in [-0.05, 0) is 36.1 Å². The Labute approximate surface area is 150 Å². The highest BCUT2D eigenvalue weighted by Crippen LogP contribution is 2.50. The first-order chi connectivity index (χ1) is 12.2. The van der Waals surface area contributed by atoms with E-state index in [4.69, 9.17) is 13.6 Å². The lowest BCUT2D eigenvalue weighted by Gasteiger charge is -2.18. The number of hydrogen-bond donors (Lipinski definition) is 0. The largest absolute Gasteiger partial charge is 0.530 e. The van der Waals surface area contributed by atoms with E-state index in [-0.39, 0.29) is 0 Å². The molecule has 0 bridgehead atoms. The molecular weight excluding hydrogens is 335 g/mol. The molecule has 0 saturated heterocycles. The molecule has 5 heteroatoms. The second-order valence-electron chi connectivity index (χ2n) is 5.80. The molecule has 0 fully saturated rings. The van der Waals surface area contributed by atoms with Crippen LogP contribution >= 0.6 is 7.82 Å². The van der Waals surface area contributed by atoms with Crippen LogP contribution in [0.5, 0.6) is 5.75 Å². The first-order valence-corrected chi connectivity index (χ1v) is 10.4. The van der Waals surface area contributed by atoms with Crippen molar-refractivity contribution in [1.82, 2.24) is 0 Å². The zero-order valence-corrected chi connectivity index (χ0v) is 15.9. The van der Waals surface area contributed by atoms with Gasteiger partial charge in [0.1, 0.15) is 5.75 Å². The molecular formula is C20H27O4P. The van der Waals surface area contributed by atoms with Gasteiger partial charge in [-0.25, -0.2) is 4.57 Å². The second kappa shape index (κ2) is 10.4. The molecule has 0 saturated carbocycles. The first-order valence-electron chi connectivity index (χ1n) is 8.91. The monoisotopic (exact) mass is 362 g/mol. The van der Waals surface area contributed by atoms with Gasteiger partial charge in [-0.3, -0.25) is 9.05 Å². The van der Waals surface area contributed by atoms with E-state index < -0.39 is 7.82 Å². The van der Waals surface area contributed by atoms with Gasteiger partial charge in [0.05, 0.1) is 13.2 Å². The third kappa shape index (κ3) is 6.66. The maximum absolute atomic E-state index is 12.8. The summed E-state index contributed by atoms with van der Waals surface area (Å²) in [5.74, 6) is 0.482. The highest BCUT2D eigenvalue weighted by Gasteiger charge is 2.28. The molecule has 0 aliphatic carbocycles. The van der Waals surface area contributed by atoms with Gasteiger partial charge in [-0.15, -0.1) is 0 Å². The van der Waals surface area contributed by atoms with Crippen molar-refractivity contribution < 1.29 is 18.1 Å². The molecule has 0 atom stereocenters. The van der Waals surface area contributed by atoms with Gasteiger partial charge in [0, 0.05) is 0 Å². The Kier molecular flexibility index (Phi) is 8.20. The van der Waals surface area contributed by atoms with Gasteiger partial charge >= 0.3 is 7.82 Å². The number of rotatable bonds is 11. The molecule has 0 N–H and O–H groups in total. The second-order valence-corrected chi connectivity index (χ2v) is 7.40. The Hall–Kier alpha value is -1.61. The zero-order valence-electron chi connectivity index (χ0n) is 15.0. The van der Waals surface area contributed by atoms with Crippen LogP contribution in [0.25, 0.3) is 11.1 Å². The molecule has 0 aliphatic heterocycles. The van der Waals surface area contributed by atoms with Crippen molar-refractivity contribution in [2.75, 3.05) is 13.2 Å². The minimum atomic E-state index is -3.59. The molecule has 2 rings (SSSR count). The standard InChI is InChI=1S/C20H27O4P/c1-3-5-16-22-25(21,23-17-6-4-2)24-20-14-12-19(13-15-20)18-10-8-7-9-11-18/h7-15H,3-6,16-17H2,1-2H3. The lowest BCUT2D eigenvalue weighted by Crippen LogP contribution is -2.05. The van der Waals surface area contributed by atoms with Crippen LogP contribution in [0.3, 0.4) is 0 Å². The lowest BCUT2D eigenvalue weighted by molar-refractivity contribution is 0.152. The van der Waals surface area contributed by atoms with Crippen molar-refractivity contribution in [3.05, 3.63) is 54.6 Å². The SMILES string of the molecule is CCCCOP(=O)(OCCCC)Oc1ccc(-c2ccccc2)cc1. The van der Waals surface area contributed by atoms with E-state index in [1.54, 1.807) is 12.1 Å². The Morgan fingerprint density at radius 3 is 1.80 bits per heavy atom. The summed E-state index contributed by atoms with van der Waals surface area (Å²) in [6.07, 6.45) is 3.55. The fourth-order valence-electron chi connectivity index (χ4n) is 2.20. The summed E-state index contributed by atoms with van der Waals surface area (Å²) in [5.41, 5.74) is 2.19. The first kappa shape index (κ1) is 19.7. The summed E-state index contributed by atoms with van der Waals surface area (Å²) in [7, 11) is -3.59. The number of unbranched alkanes of at least 4 members (excludes halogenated alkanes) is 2. The number of benzene rings is 2. The topological polar surface area (TPSA) is 44.8 Å². The van der Waals surface area contributed by atoms with Crippen LogP contribution in [0.4, 0.5) is 0 Å². The third-order valence-corrected chi connectivity index (χ3v) is 5.11. The summed E-state index contributed by atoms with van der Waals surface area (Å²) in [6.45, 7) is 4.83. The van der Waals surface area contributed by atoms with E-state index in [9.17, 15) is 4.57 Å². The molecule has 0 amide bonds. The fraction of sp³-hybridized carbons (Fsp3) is 0.400. The Bertz CT molecular complexity index is 641. The van der Waals surface area contributed by atoms with Crippen LogP contribution in [-0.4, -0.2) is 13.2 Å². The Morgan fingerprint density at radius 2 is 1.28 bits per heavy atom. The number of phosphoric acid groups is 1. The molecule has 25 heavy (non-hydrogen) atoms. The average Bonchev–Trinajstić information content (AvgIpc) is 2.63. The smallest absolute Gasteiger partial charge is 0.404 e.